The second-order valence-corrected chi connectivity index (χ2v) is 5.65. The molecule has 16 heavy (non-hydrogen) atoms. The molecule has 92 valence electrons. The normalized spacial score (nSPS) is 37.6. The lowest BCUT2D eigenvalue weighted by atomic mass is 9.64. The van der Waals surface area contributed by atoms with Crippen LogP contribution < -0.4 is 5.73 Å². The number of amides is 1. The van der Waals surface area contributed by atoms with Gasteiger partial charge in [-0.1, -0.05) is 13.8 Å². The van der Waals surface area contributed by atoms with Gasteiger partial charge in [-0.25, -0.2) is 0 Å². The van der Waals surface area contributed by atoms with Crippen molar-refractivity contribution in [2.24, 2.45) is 17.1 Å². The third kappa shape index (κ3) is 1.64. The lowest BCUT2D eigenvalue weighted by molar-refractivity contribution is -0.156. The Kier molecular flexibility index (Phi) is 2.97. The number of hydrogen-bond acceptors (Lipinski definition) is 3. The molecule has 0 aromatic rings. The summed E-state index contributed by atoms with van der Waals surface area (Å²) in [7, 11) is 1.75. The van der Waals surface area contributed by atoms with Gasteiger partial charge in [-0.15, -0.1) is 0 Å². The quantitative estimate of drug-likeness (QED) is 0.767. The molecule has 2 N–H and O–H groups in total. The van der Waals surface area contributed by atoms with Crippen LogP contribution in [0, 0.1) is 11.3 Å². The lowest BCUT2D eigenvalue weighted by Gasteiger charge is -2.54. The predicted molar refractivity (Wildman–Crippen MR) is 61.9 cm³/mol. The van der Waals surface area contributed by atoms with Crippen molar-refractivity contribution in [2.45, 2.75) is 38.8 Å². The monoisotopic (exact) mass is 226 g/mol. The summed E-state index contributed by atoms with van der Waals surface area (Å²) >= 11 is 0. The number of methoxy groups -OCH3 is 1. The summed E-state index contributed by atoms with van der Waals surface area (Å²) in [5.74, 6) is 0.618. The zero-order chi connectivity index (χ0) is 11.9. The van der Waals surface area contributed by atoms with E-state index in [1.165, 1.54) is 0 Å². The molecule has 3 unspecified atom stereocenters. The van der Waals surface area contributed by atoms with Gasteiger partial charge in [0.2, 0.25) is 5.91 Å². The van der Waals surface area contributed by atoms with E-state index in [0.29, 0.717) is 24.9 Å². The van der Waals surface area contributed by atoms with Crippen molar-refractivity contribution in [1.29, 1.82) is 0 Å². The zero-order valence-electron chi connectivity index (χ0n) is 10.4. The SMILES string of the molecule is COC1CC(N2CC(CN)CC2=O)C1(C)C. The van der Waals surface area contributed by atoms with Crippen molar-refractivity contribution < 1.29 is 9.53 Å². The van der Waals surface area contributed by atoms with Crippen molar-refractivity contribution in [3.8, 4) is 0 Å². The van der Waals surface area contributed by atoms with Crippen LogP contribution in [0.2, 0.25) is 0 Å². The van der Waals surface area contributed by atoms with Gasteiger partial charge >= 0.3 is 0 Å². The predicted octanol–water partition coefficient (Wildman–Crippen LogP) is 0.607. The molecular weight excluding hydrogens is 204 g/mol. The topological polar surface area (TPSA) is 55.6 Å². The highest BCUT2D eigenvalue weighted by atomic mass is 16.5. The zero-order valence-corrected chi connectivity index (χ0v) is 10.4. The first-order chi connectivity index (χ1) is 7.50. The number of nitrogens with two attached hydrogens (primary N) is 1. The van der Waals surface area contributed by atoms with Crippen LogP contribution >= 0.6 is 0 Å². The van der Waals surface area contributed by atoms with E-state index in [4.69, 9.17) is 10.5 Å². The van der Waals surface area contributed by atoms with Crippen LogP contribution in [-0.4, -0.2) is 43.2 Å². The van der Waals surface area contributed by atoms with Crippen LogP contribution in [0.25, 0.3) is 0 Å². The summed E-state index contributed by atoms with van der Waals surface area (Å²) in [4.78, 5) is 13.9. The fraction of sp³-hybridized carbons (Fsp3) is 0.917. The molecule has 2 rings (SSSR count). The number of ether oxygens (including phenoxy) is 1. The number of hydrogen-bond donors (Lipinski definition) is 1. The molecule has 0 aromatic carbocycles. The van der Waals surface area contributed by atoms with Crippen molar-refractivity contribution >= 4 is 5.91 Å². The van der Waals surface area contributed by atoms with E-state index in [1.807, 2.05) is 4.90 Å². The van der Waals surface area contributed by atoms with Gasteiger partial charge in [0, 0.05) is 31.5 Å². The molecule has 1 aliphatic carbocycles. The first-order valence-electron chi connectivity index (χ1n) is 6.03. The van der Waals surface area contributed by atoms with Gasteiger partial charge in [0.25, 0.3) is 0 Å². The summed E-state index contributed by atoms with van der Waals surface area (Å²) in [5.41, 5.74) is 5.71. The Balaban J connectivity index is 2.03. The second kappa shape index (κ2) is 4.00. The number of carbonyl (C=O) groups excluding carboxylic acids is 1. The van der Waals surface area contributed by atoms with Crippen LogP contribution in [0.15, 0.2) is 0 Å². The molecule has 1 heterocycles. The fourth-order valence-corrected chi connectivity index (χ4v) is 3.06. The summed E-state index contributed by atoms with van der Waals surface area (Å²) < 4.78 is 5.42. The van der Waals surface area contributed by atoms with Gasteiger partial charge in [0.1, 0.15) is 0 Å². The van der Waals surface area contributed by atoms with Gasteiger partial charge in [-0.3, -0.25) is 4.79 Å². The molecule has 1 aliphatic heterocycles. The first kappa shape index (κ1) is 11.9. The summed E-state index contributed by atoms with van der Waals surface area (Å²) in [6.07, 6.45) is 1.87. The molecule has 4 heteroatoms. The van der Waals surface area contributed by atoms with Gasteiger partial charge in [0.05, 0.1) is 6.10 Å². The molecule has 1 saturated heterocycles. The van der Waals surface area contributed by atoms with Crippen LogP contribution in [0.5, 0.6) is 0 Å². The third-order valence-corrected chi connectivity index (χ3v) is 4.36. The van der Waals surface area contributed by atoms with E-state index in [0.717, 1.165) is 13.0 Å². The smallest absolute Gasteiger partial charge is 0.223 e. The molecule has 2 aliphatic rings. The van der Waals surface area contributed by atoms with Crippen LogP contribution in [-0.2, 0) is 9.53 Å². The van der Waals surface area contributed by atoms with E-state index >= 15 is 0 Å². The van der Waals surface area contributed by atoms with E-state index in [-0.39, 0.29) is 17.4 Å². The van der Waals surface area contributed by atoms with Crippen LogP contribution in [0.1, 0.15) is 26.7 Å². The Hall–Kier alpha value is -0.610. The third-order valence-electron chi connectivity index (χ3n) is 4.36. The Bertz CT molecular complexity index is 291. The maximum atomic E-state index is 11.9. The summed E-state index contributed by atoms with van der Waals surface area (Å²) in [6.45, 7) is 5.81. The van der Waals surface area contributed by atoms with E-state index in [1.54, 1.807) is 7.11 Å². The molecule has 1 amide bonds. The van der Waals surface area contributed by atoms with Crippen molar-refractivity contribution in [3.05, 3.63) is 0 Å². The van der Waals surface area contributed by atoms with Crippen molar-refractivity contribution in [1.82, 2.24) is 4.90 Å². The Morgan fingerprint density at radius 1 is 1.56 bits per heavy atom. The molecule has 0 aromatic heterocycles. The standard InChI is InChI=1S/C12H22N2O2/c1-12(2)9(5-10(12)16-3)14-7-8(6-13)4-11(14)15/h8-10H,4-7,13H2,1-3H3. The van der Waals surface area contributed by atoms with E-state index in [2.05, 4.69) is 13.8 Å². The van der Waals surface area contributed by atoms with Crippen LogP contribution in [0.3, 0.4) is 0 Å². The fourth-order valence-electron chi connectivity index (χ4n) is 3.06. The maximum absolute atomic E-state index is 11.9. The largest absolute Gasteiger partial charge is 0.381 e. The minimum atomic E-state index is 0.0773. The second-order valence-electron chi connectivity index (χ2n) is 5.65. The van der Waals surface area contributed by atoms with Gasteiger partial charge in [0.15, 0.2) is 0 Å². The highest BCUT2D eigenvalue weighted by molar-refractivity contribution is 5.79. The van der Waals surface area contributed by atoms with Crippen molar-refractivity contribution in [2.75, 3.05) is 20.2 Å². The average Bonchev–Trinajstić information content (AvgIpc) is 2.59. The molecule has 1 saturated carbocycles. The van der Waals surface area contributed by atoms with Gasteiger partial charge < -0.3 is 15.4 Å². The Morgan fingerprint density at radius 3 is 2.69 bits per heavy atom. The minimum Gasteiger partial charge on any atom is -0.381 e. The maximum Gasteiger partial charge on any atom is 0.223 e. The number of carbonyl (C=O) groups is 1. The highest BCUT2D eigenvalue weighted by Gasteiger charge is 2.53. The molecule has 0 spiro atoms. The molecule has 0 radical (unpaired) electrons. The Labute approximate surface area is 97.1 Å². The summed E-state index contributed by atoms with van der Waals surface area (Å²) in [5, 5.41) is 0. The number of rotatable bonds is 3. The first-order valence-corrected chi connectivity index (χ1v) is 6.03. The molecule has 3 atom stereocenters. The molecule has 4 nitrogen and oxygen atoms in total. The van der Waals surface area contributed by atoms with Gasteiger partial charge in [-0.2, -0.15) is 0 Å². The minimum absolute atomic E-state index is 0.0773. The van der Waals surface area contributed by atoms with Crippen LogP contribution in [0.4, 0.5) is 0 Å². The lowest BCUT2D eigenvalue weighted by Crippen LogP contribution is -2.62. The molecular formula is C12H22N2O2. The molecule has 0 bridgehead atoms. The van der Waals surface area contributed by atoms with E-state index in [9.17, 15) is 4.79 Å². The summed E-state index contributed by atoms with van der Waals surface area (Å²) in [6, 6.07) is 0.335. The number of nitrogens with zero attached hydrogens (tertiary/aromatic N) is 1. The van der Waals surface area contributed by atoms with Gasteiger partial charge in [-0.05, 0) is 18.9 Å². The Morgan fingerprint density at radius 2 is 2.25 bits per heavy atom. The highest BCUT2D eigenvalue weighted by Crippen LogP contribution is 2.46. The number of likely N-dealkylation sites (tertiary alicyclic amines) is 1. The molecule has 2 fully saturated rings. The van der Waals surface area contributed by atoms with Crippen molar-refractivity contribution in [3.63, 3.8) is 0 Å². The van der Waals surface area contributed by atoms with E-state index < -0.39 is 0 Å². The average molecular weight is 226 g/mol.